The Balaban J connectivity index is 0.00000117. The molecule has 3 rings (SSSR count). The van der Waals surface area contributed by atoms with E-state index in [1.807, 2.05) is 13.8 Å². The molecule has 0 N–H and O–H groups in total. The number of piperidine rings is 1. The quantitative estimate of drug-likeness (QED) is 0.316. The van der Waals surface area contributed by atoms with Gasteiger partial charge in [0, 0.05) is 6.04 Å². The maximum atomic E-state index is 4.34. The van der Waals surface area contributed by atoms with E-state index in [2.05, 4.69) is 54.4 Å². The first-order valence-corrected chi connectivity index (χ1v) is 11.5. The number of benzene rings is 1. The summed E-state index contributed by atoms with van der Waals surface area (Å²) in [5.41, 5.74) is 3.20. The Morgan fingerprint density at radius 3 is 2.58 bits per heavy atom. The number of rotatable bonds is 7. The molecule has 2 aliphatic rings. The lowest BCUT2D eigenvalue weighted by Gasteiger charge is -2.41. The first-order chi connectivity index (χ1) is 12.8. The van der Waals surface area contributed by atoms with Crippen LogP contribution in [0.2, 0.25) is 0 Å². The summed E-state index contributed by atoms with van der Waals surface area (Å²) in [7, 11) is 0. The molecule has 1 aliphatic carbocycles. The van der Waals surface area contributed by atoms with Gasteiger partial charge in [-0.2, -0.15) is 12.6 Å². The average Bonchev–Trinajstić information content (AvgIpc) is 2.73. The molecule has 1 fully saturated rings. The van der Waals surface area contributed by atoms with Crippen molar-refractivity contribution >= 4 is 12.6 Å². The van der Waals surface area contributed by atoms with Crippen LogP contribution in [-0.2, 0) is 6.42 Å². The van der Waals surface area contributed by atoms with Crippen molar-refractivity contribution < 1.29 is 0 Å². The number of thiol groups is 1. The summed E-state index contributed by atoms with van der Waals surface area (Å²) in [6.45, 7) is 10.6. The van der Waals surface area contributed by atoms with E-state index in [9.17, 15) is 0 Å². The summed E-state index contributed by atoms with van der Waals surface area (Å²) in [5, 5.41) is 0. The molecule has 0 bridgehead atoms. The predicted octanol–water partition coefficient (Wildman–Crippen LogP) is 6.70. The van der Waals surface area contributed by atoms with E-state index in [0.717, 1.165) is 11.7 Å². The molecule has 1 saturated heterocycles. The van der Waals surface area contributed by atoms with E-state index < -0.39 is 0 Å². The fourth-order valence-electron chi connectivity index (χ4n) is 4.80. The molecule has 1 aromatic rings. The Hall–Kier alpha value is -0.730. The molecule has 1 heterocycles. The van der Waals surface area contributed by atoms with Gasteiger partial charge in [-0.1, -0.05) is 50.6 Å². The zero-order valence-corrected chi connectivity index (χ0v) is 17.9. The first kappa shape index (κ1) is 21.6. The van der Waals surface area contributed by atoms with Gasteiger partial charge in [-0.3, -0.25) is 4.90 Å². The normalized spacial score (nSPS) is 22.0. The van der Waals surface area contributed by atoms with Crippen molar-refractivity contribution in [2.75, 3.05) is 18.8 Å². The highest BCUT2D eigenvalue weighted by molar-refractivity contribution is 7.80. The van der Waals surface area contributed by atoms with Gasteiger partial charge in [0.2, 0.25) is 0 Å². The maximum absolute atomic E-state index is 4.34. The number of fused-ring (bicyclic) bond motifs is 1. The van der Waals surface area contributed by atoms with Gasteiger partial charge in [0.1, 0.15) is 0 Å². The smallest absolute Gasteiger partial charge is 0.0350 e. The Morgan fingerprint density at radius 1 is 1.15 bits per heavy atom. The molecule has 2 heteroatoms. The van der Waals surface area contributed by atoms with Crippen LogP contribution in [0.5, 0.6) is 0 Å². The van der Waals surface area contributed by atoms with E-state index in [4.69, 9.17) is 0 Å². The van der Waals surface area contributed by atoms with Crippen LogP contribution in [0.1, 0.15) is 76.0 Å². The van der Waals surface area contributed by atoms with Crippen LogP contribution in [-0.4, -0.2) is 23.7 Å². The molecule has 0 radical (unpaired) electrons. The van der Waals surface area contributed by atoms with Gasteiger partial charge in [-0.15, -0.1) is 6.58 Å². The van der Waals surface area contributed by atoms with E-state index in [1.165, 1.54) is 64.5 Å². The Labute approximate surface area is 167 Å². The summed E-state index contributed by atoms with van der Waals surface area (Å²) < 4.78 is 0. The van der Waals surface area contributed by atoms with Crippen molar-refractivity contribution in [3.63, 3.8) is 0 Å². The van der Waals surface area contributed by atoms with Crippen molar-refractivity contribution in [2.24, 2.45) is 11.8 Å². The number of hydrogen-bond acceptors (Lipinski definition) is 2. The highest BCUT2D eigenvalue weighted by atomic mass is 32.1. The van der Waals surface area contributed by atoms with Gasteiger partial charge in [0.05, 0.1) is 0 Å². The Morgan fingerprint density at radius 2 is 1.88 bits per heavy atom. The van der Waals surface area contributed by atoms with Crippen LogP contribution < -0.4 is 0 Å². The van der Waals surface area contributed by atoms with E-state index in [0.29, 0.717) is 12.0 Å². The number of aryl methyl sites for hydroxylation is 1. The third-order valence-corrected chi connectivity index (χ3v) is 6.52. The fraction of sp³-hybridized carbons (Fsp3) is 0.667. The first-order valence-electron chi connectivity index (χ1n) is 10.9. The summed E-state index contributed by atoms with van der Waals surface area (Å²) in [6.07, 6.45) is 12.7. The van der Waals surface area contributed by atoms with Crippen LogP contribution in [0.4, 0.5) is 0 Å². The molecule has 146 valence electrons. The zero-order valence-electron chi connectivity index (χ0n) is 17.0. The van der Waals surface area contributed by atoms with E-state index >= 15 is 0 Å². The minimum atomic E-state index is 0.669. The van der Waals surface area contributed by atoms with Crippen LogP contribution in [0, 0.1) is 11.8 Å². The SMILES string of the molecule is C=CC(CCCCS)C1CCN(C2CCCc3ccccc32)CC1.CC. The highest BCUT2D eigenvalue weighted by Crippen LogP contribution is 2.38. The Bertz CT molecular complexity index is 519. The summed E-state index contributed by atoms with van der Waals surface area (Å²) >= 11 is 4.34. The largest absolute Gasteiger partial charge is 0.296 e. The number of nitrogens with zero attached hydrogens (tertiary/aromatic N) is 1. The van der Waals surface area contributed by atoms with Crippen molar-refractivity contribution in [1.82, 2.24) is 4.90 Å². The second kappa shape index (κ2) is 11.9. The number of unbranched alkanes of at least 4 members (excludes halogenated alkanes) is 1. The van der Waals surface area contributed by atoms with Gasteiger partial charge in [-0.25, -0.2) is 0 Å². The molecule has 1 aromatic carbocycles. The lowest BCUT2D eigenvalue weighted by molar-refractivity contribution is 0.104. The van der Waals surface area contributed by atoms with Crippen LogP contribution in [0.25, 0.3) is 0 Å². The number of likely N-dealkylation sites (tertiary alicyclic amines) is 1. The molecular weight excluding hydrogens is 334 g/mol. The molecule has 1 aliphatic heterocycles. The van der Waals surface area contributed by atoms with Crippen LogP contribution in [0.15, 0.2) is 36.9 Å². The lowest BCUT2D eigenvalue weighted by Crippen LogP contribution is -2.39. The van der Waals surface area contributed by atoms with Gasteiger partial charge < -0.3 is 0 Å². The van der Waals surface area contributed by atoms with Crippen LogP contribution >= 0.6 is 12.6 Å². The second-order valence-electron chi connectivity index (χ2n) is 7.60. The molecule has 2 atom stereocenters. The standard InChI is InChI=1S/C22H33NS.C2H6/c1-2-18(8-5-6-17-24)19-13-15-23(16-14-19)22-12-7-10-20-9-3-4-11-21(20)22;1-2/h2-4,9,11,18-19,22,24H,1,5-8,10,12-17H2;1-2H3. The topological polar surface area (TPSA) is 3.24 Å². The van der Waals surface area contributed by atoms with E-state index in [-0.39, 0.29) is 0 Å². The molecule has 1 nitrogen and oxygen atoms in total. The van der Waals surface area contributed by atoms with Crippen molar-refractivity contribution in [1.29, 1.82) is 0 Å². The monoisotopic (exact) mass is 373 g/mol. The van der Waals surface area contributed by atoms with Crippen molar-refractivity contribution in [2.45, 2.75) is 71.3 Å². The molecule has 0 saturated carbocycles. The second-order valence-corrected chi connectivity index (χ2v) is 8.05. The summed E-state index contributed by atoms with van der Waals surface area (Å²) in [5.74, 6) is 2.58. The third-order valence-electron chi connectivity index (χ3n) is 6.21. The Kier molecular flexibility index (Phi) is 9.85. The molecule has 0 amide bonds. The number of allylic oxidation sites excluding steroid dienone is 1. The van der Waals surface area contributed by atoms with Gasteiger partial charge in [-0.05, 0) is 86.8 Å². The predicted molar refractivity (Wildman–Crippen MR) is 119 cm³/mol. The molecular formula is C24H39NS. The third kappa shape index (κ3) is 5.63. The highest BCUT2D eigenvalue weighted by Gasteiger charge is 2.30. The van der Waals surface area contributed by atoms with Crippen molar-refractivity contribution in [3.05, 3.63) is 48.0 Å². The van der Waals surface area contributed by atoms with Crippen molar-refractivity contribution in [3.8, 4) is 0 Å². The lowest BCUT2D eigenvalue weighted by atomic mass is 9.80. The molecule has 2 unspecified atom stereocenters. The van der Waals surface area contributed by atoms with E-state index in [1.54, 1.807) is 11.1 Å². The number of hydrogen-bond donors (Lipinski definition) is 1. The molecule has 0 aromatic heterocycles. The molecule has 26 heavy (non-hydrogen) atoms. The average molecular weight is 374 g/mol. The fourth-order valence-corrected chi connectivity index (χ4v) is 5.03. The van der Waals surface area contributed by atoms with Crippen LogP contribution in [0.3, 0.4) is 0 Å². The van der Waals surface area contributed by atoms with Gasteiger partial charge >= 0.3 is 0 Å². The molecule has 0 spiro atoms. The minimum Gasteiger partial charge on any atom is -0.296 e. The van der Waals surface area contributed by atoms with Gasteiger partial charge in [0.25, 0.3) is 0 Å². The zero-order chi connectivity index (χ0) is 18.8. The summed E-state index contributed by atoms with van der Waals surface area (Å²) in [4.78, 5) is 2.77. The summed E-state index contributed by atoms with van der Waals surface area (Å²) in [6, 6.07) is 9.80. The van der Waals surface area contributed by atoms with Gasteiger partial charge in [0.15, 0.2) is 0 Å². The maximum Gasteiger partial charge on any atom is 0.0350 e. The minimum absolute atomic E-state index is 0.669.